The topological polar surface area (TPSA) is 3.24 Å². The van der Waals surface area contributed by atoms with Gasteiger partial charge < -0.3 is 0 Å². The van der Waals surface area contributed by atoms with Crippen LogP contribution in [0.15, 0.2) is 0 Å². The standard InChI is InChI=1S/C16H31N/c1-13(2)14-7-9-16(11-14)8-6-10-17(12-16)15(3,4)5/h13-14H,6-12H2,1-5H3. The van der Waals surface area contributed by atoms with E-state index in [-0.39, 0.29) is 0 Å². The summed E-state index contributed by atoms with van der Waals surface area (Å²) in [5.41, 5.74) is 1.05. The fourth-order valence-corrected chi connectivity index (χ4v) is 3.97. The van der Waals surface area contributed by atoms with Crippen LogP contribution in [0.4, 0.5) is 0 Å². The van der Waals surface area contributed by atoms with Crippen LogP contribution in [-0.2, 0) is 0 Å². The summed E-state index contributed by atoms with van der Waals surface area (Å²) in [6.07, 6.45) is 7.38. The maximum absolute atomic E-state index is 2.74. The lowest BCUT2D eigenvalue weighted by molar-refractivity contribution is 0.0252. The van der Waals surface area contributed by atoms with E-state index in [2.05, 4.69) is 39.5 Å². The molecule has 0 bridgehead atoms. The van der Waals surface area contributed by atoms with Crippen molar-refractivity contribution < 1.29 is 0 Å². The summed E-state index contributed by atoms with van der Waals surface area (Å²) < 4.78 is 0. The maximum atomic E-state index is 2.74. The maximum Gasteiger partial charge on any atom is 0.0125 e. The highest BCUT2D eigenvalue weighted by Gasteiger charge is 2.44. The Morgan fingerprint density at radius 1 is 1.18 bits per heavy atom. The first-order valence-corrected chi connectivity index (χ1v) is 7.57. The molecular formula is C16H31N. The van der Waals surface area contributed by atoms with E-state index < -0.39 is 0 Å². The Kier molecular flexibility index (Phi) is 3.60. The van der Waals surface area contributed by atoms with Crippen molar-refractivity contribution in [1.29, 1.82) is 0 Å². The van der Waals surface area contributed by atoms with Gasteiger partial charge in [0.05, 0.1) is 0 Å². The minimum atomic E-state index is 0.364. The third kappa shape index (κ3) is 2.86. The predicted molar refractivity (Wildman–Crippen MR) is 75.2 cm³/mol. The average Bonchev–Trinajstić information content (AvgIpc) is 2.61. The van der Waals surface area contributed by atoms with Crippen molar-refractivity contribution >= 4 is 0 Å². The molecule has 0 aromatic rings. The van der Waals surface area contributed by atoms with E-state index in [9.17, 15) is 0 Å². The molecular weight excluding hydrogens is 206 g/mol. The van der Waals surface area contributed by atoms with Crippen LogP contribution in [0.3, 0.4) is 0 Å². The molecule has 0 aromatic carbocycles. The van der Waals surface area contributed by atoms with Gasteiger partial charge in [0.2, 0.25) is 0 Å². The third-order valence-electron chi connectivity index (χ3n) is 5.29. The number of hydrogen-bond acceptors (Lipinski definition) is 1. The zero-order chi connectivity index (χ0) is 12.7. The Labute approximate surface area is 108 Å². The summed E-state index contributed by atoms with van der Waals surface area (Å²) in [7, 11) is 0. The molecule has 17 heavy (non-hydrogen) atoms. The summed E-state index contributed by atoms with van der Waals surface area (Å²) in [6.45, 7) is 14.6. The van der Waals surface area contributed by atoms with E-state index in [1.165, 1.54) is 45.2 Å². The Bertz CT molecular complexity index is 263. The Hall–Kier alpha value is -0.0400. The van der Waals surface area contributed by atoms with Gasteiger partial charge >= 0.3 is 0 Å². The van der Waals surface area contributed by atoms with Crippen LogP contribution in [0.25, 0.3) is 0 Å². The minimum Gasteiger partial charge on any atom is -0.298 e. The fraction of sp³-hybridized carbons (Fsp3) is 1.00. The van der Waals surface area contributed by atoms with Crippen LogP contribution in [0.2, 0.25) is 0 Å². The van der Waals surface area contributed by atoms with Gasteiger partial charge in [-0.3, -0.25) is 4.90 Å². The van der Waals surface area contributed by atoms with Crippen LogP contribution >= 0.6 is 0 Å². The number of nitrogens with zero attached hydrogens (tertiary/aromatic N) is 1. The van der Waals surface area contributed by atoms with E-state index in [0.29, 0.717) is 11.0 Å². The molecule has 1 spiro atoms. The van der Waals surface area contributed by atoms with Crippen LogP contribution in [0.1, 0.15) is 66.7 Å². The largest absolute Gasteiger partial charge is 0.298 e. The van der Waals surface area contributed by atoms with Gasteiger partial charge in [0, 0.05) is 12.1 Å². The number of rotatable bonds is 1. The molecule has 100 valence electrons. The van der Waals surface area contributed by atoms with Crippen molar-refractivity contribution in [2.75, 3.05) is 13.1 Å². The molecule has 2 atom stereocenters. The Balaban J connectivity index is 2.02. The van der Waals surface area contributed by atoms with Crippen molar-refractivity contribution in [2.45, 2.75) is 72.3 Å². The molecule has 0 radical (unpaired) electrons. The lowest BCUT2D eigenvalue weighted by Gasteiger charge is -2.47. The quantitative estimate of drug-likeness (QED) is 0.656. The molecule has 1 saturated heterocycles. The van der Waals surface area contributed by atoms with Gasteiger partial charge in [-0.25, -0.2) is 0 Å². The van der Waals surface area contributed by atoms with Crippen molar-refractivity contribution in [1.82, 2.24) is 4.90 Å². The van der Waals surface area contributed by atoms with Crippen LogP contribution in [0.5, 0.6) is 0 Å². The van der Waals surface area contributed by atoms with E-state index in [4.69, 9.17) is 0 Å². The monoisotopic (exact) mass is 237 g/mol. The van der Waals surface area contributed by atoms with Crippen LogP contribution in [-0.4, -0.2) is 23.5 Å². The van der Waals surface area contributed by atoms with Gasteiger partial charge in [0.25, 0.3) is 0 Å². The first-order chi connectivity index (χ1) is 7.82. The number of hydrogen-bond donors (Lipinski definition) is 0. The molecule has 0 aromatic heterocycles. The molecule has 1 aliphatic carbocycles. The van der Waals surface area contributed by atoms with Crippen LogP contribution in [0, 0.1) is 17.3 Å². The third-order valence-corrected chi connectivity index (χ3v) is 5.29. The summed E-state index contributed by atoms with van der Waals surface area (Å²) in [5, 5.41) is 0. The molecule has 1 saturated carbocycles. The highest BCUT2D eigenvalue weighted by atomic mass is 15.2. The van der Waals surface area contributed by atoms with Gasteiger partial charge in [-0.05, 0) is 76.7 Å². The van der Waals surface area contributed by atoms with E-state index in [1.54, 1.807) is 0 Å². The van der Waals surface area contributed by atoms with Gasteiger partial charge in [-0.2, -0.15) is 0 Å². The normalized spacial score (nSPS) is 36.0. The zero-order valence-electron chi connectivity index (χ0n) is 12.6. The highest BCUT2D eigenvalue weighted by molar-refractivity contribution is 4.96. The second-order valence-corrected chi connectivity index (χ2v) is 7.94. The van der Waals surface area contributed by atoms with E-state index in [1.807, 2.05) is 0 Å². The average molecular weight is 237 g/mol. The first-order valence-electron chi connectivity index (χ1n) is 7.57. The summed E-state index contributed by atoms with van der Waals surface area (Å²) in [6, 6.07) is 0. The van der Waals surface area contributed by atoms with Crippen molar-refractivity contribution in [3.8, 4) is 0 Å². The molecule has 2 aliphatic rings. The molecule has 1 heterocycles. The van der Waals surface area contributed by atoms with Gasteiger partial charge in [0.15, 0.2) is 0 Å². The molecule has 2 unspecified atom stereocenters. The molecule has 2 rings (SSSR count). The summed E-state index contributed by atoms with van der Waals surface area (Å²) in [5.74, 6) is 1.88. The highest BCUT2D eigenvalue weighted by Crippen LogP contribution is 2.50. The van der Waals surface area contributed by atoms with Crippen molar-refractivity contribution in [3.63, 3.8) is 0 Å². The first kappa shape index (κ1) is 13.4. The van der Waals surface area contributed by atoms with Crippen LogP contribution < -0.4 is 0 Å². The molecule has 1 heteroatoms. The minimum absolute atomic E-state index is 0.364. The molecule has 1 aliphatic heterocycles. The molecule has 1 nitrogen and oxygen atoms in total. The molecule has 0 amide bonds. The smallest absolute Gasteiger partial charge is 0.0125 e. The molecule has 0 N–H and O–H groups in total. The van der Waals surface area contributed by atoms with Gasteiger partial charge in [-0.15, -0.1) is 0 Å². The Morgan fingerprint density at radius 3 is 2.41 bits per heavy atom. The van der Waals surface area contributed by atoms with E-state index >= 15 is 0 Å². The Morgan fingerprint density at radius 2 is 1.88 bits per heavy atom. The fourth-order valence-electron chi connectivity index (χ4n) is 3.97. The lowest BCUT2D eigenvalue weighted by atomic mass is 9.76. The van der Waals surface area contributed by atoms with Gasteiger partial charge in [0.1, 0.15) is 0 Å². The van der Waals surface area contributed by atoms with E-state index in [0.717, 1.165) is 11.8 Å². The number of likely N-dealkylation sites (tertiary alicyclic amines) is 1. The SMILES string of the molecule is CC(C)C1CCC2(CCCN(C(C)(C)C)C2)C1. The second-order valence-electron chi connectivity index (χ2n) is 7.94. The lowest BCUT2D eigenvalue weighted by Crippen LogP contribution is -2.50. The summed E-state index contributed by atoms with van der Waals surface area (Å²) >= 11 is 0. The van der Waals surface area contributed by atoms with Crippen molar-refractivity contribution in [2.24, 2.45) is 17.3 Å². The zero-order valence-corrected chi connectivity index (χ0v) is 12.6. The van der Waals surface area contributed by atoms with Gasteiger partial charge in [-0.1, -0.05) is 13.8 Å². The van der Waals surface area contributed by atoms with Crippen molar-refractivity contribution in [3.05, 3.63) is 0 Å². The second kappa shape index (κ2) is 4.57. The number of piperidine rings is 1. The summed E-state index contributed by atoms with van der Waals surface area (Å²) in [4.78, 5) is 2.74. The molecule has 2 fully saturated rings. The predicted octanol–water partition coefficient (Wildman–Crippen LogP) is 4.32.